The summed E-state index contributed by atoms with van der Waals surface area (Å²) in [5.41, 5.74) is 0. The Morgan fingerprint density at radius 1 is 0.500 bits per heavy atom. The molecule has 0 aromatic carbocycles. The van der Waals surface area contributed by atoms with Gasteiger partial charge in [-0.15, -0.1) is 0 Å². The van der Waals surface area contributed by atoms with Crippen molar-refractivity contribution >= 4 is 11.9 Å². The van der Waals surface area contributed by atoms with Crippen LogP contribution >= 0.6 is 0 Å². The molecule has 0 aromatic rings. The molecule has 4 N–H and O–H groups in total. The minimum Gasteiger partial charge on any atom is -0.481 e. The molecule has 0 amide bonds. The van der Waals surface area contributed by atoms with Crippen LogP contribution in [0.2, 0.25) is 0 Å². The topological polar surface area (TPSA) is 115 Å². The van der Waals surface area contributed by atoms with E-state index in [1.165, 1.54) is 0 Å². The van der Waals surface area contributed by atoms with Crippen LogP contribution in [0.3, 0.4) is 0 Å². The number of hydrogen-bond acceptors (Lipinski definition) is 4. The van der Waals surface area contributed by atoms with E-state index in [4.69, 9.17) is 20.4 Å². The maximum absolute atomic E-state index is 10.0. The van der Waals surface area contributed by atoms with Crippen LogP contribution in [0.4, 0.5) is 0 Å². The van der Waals surface area contributed by atoms with E-state index in [0.29, 0.717) is 0 Å². The van der Waals surface area contributed by atoms with Crippen molar-refractivity contribution < 1.29 is 30.0 Å². The highest BCUT2D eigenvalue weighted by molar-refractivity contribution is 5.66. The zero-order valence-corrected chi connectivity index (χ0v) is 13.5. The van der Waals surface area contributed by atoms with Gasteiger partial charge in [-0.05, 0) is 25.7 Å². The van der Waals surface area contributed by atoms with E-state index in [9.17, 15) is 9.59 Å². The number of hydrogen-bond donors (Lipinski definition) is 4. The van der Waals surface area contributed by atoms with Crippen LogP contribution in [0.25, 0.3) is 0 Å². The molecule has 0 spiro atoms. The van der Waals surface area contributed by atoms with Crippen LogP contribution in [0.5, 0.6) is 0 Å². The quantitative estimate of drug-likeness (QED) is 0.366. The standard InChI is InChI=1S/2C8H16O3/c2*9-7-5-3-1-2-4-6-8(10)11/h2*9H,1-7H2,(H,10,11). The molecule has 0 radical (unpaired) electrons. The lowest BCUT2D eigenvalue weighted by Crippen LogP contribution is -1.93. The van der Waals surface area contributed by atoms with Gasteiger partial charge in [0.1, 0.15) is 0 Å². The minimum atomic E-state index is -0.716. The first kappa shape index (κ1) is 23.1. The summed E-state index contributed by atoms with van der Waals surface area (Å²) in [6, 6.07) is 0. The van der Waals surface area contributed by atoms with E-state index >= 15 is 0 Å². The van der Waals surface area contributed by atoms with Crippen molar-refractivity contribution in [1.82, 2.24) is 0 Å². The first-order chi connectivity index (χ1) is 10.5. The highest BCUT2D eigenvalue weighted by Crippen LogP contribution is 2.05. The van der Waals surface area contributed by atoms with Crippen molar-refractivity contribution in [2.45, 2.75) is 77.0 Å². The first-order valence-corrected chi connectivity index (χ1v) is 8.20. The summed E-state index contributed by atoms with van der Waals surface area (Å²) < 4.78 is 0. The number of carboxylic acids is 2. The Morgan fingerprint density at radius 3 is 1.05 bits per heavy atom. The van der Waals surface area contributed by atoms with Gasteiger partial charge < -0.3 is 20.4 Å². The number of aliphatic carboxylic acids is 2. The molecule has 0 aliphatic rings. The van der Waals surface area contributed by atoms with E-state index in [2.05, 4.69) is 0 Å². The summed E-state index contributed by atoms with van der Waals surface area (Å²) in [6.07, 6.45) is 9.78. The molecule has 0 bridgehead atoms. The fraction of sp³-hybridized carbons (Fsp3) is 0.875. The van der Waals surface area contributed by atoms with Gasteiger partial charge in [0.15, 0.2) is 0 Å². The highest BCUT2D eigenvalue weighted by atomic mass is 16.4. The molecule has 0 atom stereocenters. The third-order valence-electron chi connectivity index (χ3n) is 3.10. The van der Waals surface area contributed by atoms with E-state index in [1.807, 2.05) is 0 Å². The number of carboxylic acid groups (broad SMARTS) is 2. The molecule has 0 rings (SSSR count). The molecule has 22 heavy (non-hydrogen) atoms. The minimum absolute atomic E-state index is 0.249. The number of unbranched alkanes of at least 4 members (excludes halogenated alkanes) is 8. The van der Waals surface area contributed by atoms with Crippen LogP contribution in [-0.4, -0.2) is 45.6 Å². The molecule has 0 saturated heterocycles. The van der Waals surface area contributed by atoms with Gasteiger partial charge in [0.2, 0.25) is 0 Å². The third-order valence-corrected chi connectivity index (χ3v) is 3.10. The molecule has 0 unspecified atom stereocenters. The van der Waals surface area contributed by atoms with E-state index in [0.717, 1.165) is 64.2 Å². The number of carbonyl (C=O) groups is 2. The van der Waals surface area contributed by atoms with Gasteiger partial charge in [0, 0.05) is 26.1 Å². The third kappa shape index (κ3) is 27.2. The maximum Gasteiger partial charge on any atom is 0.303 e. The normalized spacial score (nSPS) is 9.91. The van der Waals surface area contributed by atoms with Gasteiger partial charge in [0.05, 0.1) is 0 Å². The van der Waals surface area contributed by atoms with Crippen molar-refractivity contribution in [2.75, 3.05) is 13.2 Å². The van der Waals surface area contributed by atoms with E-state index in [-0.39, 0.29) is 26.1 Å². The lowest BCUT2D eigenvalue weighted by Gasteiger charge is -1.96. The average Bonchev–Trinajstić information content (AvgIpc) is 2.46. The van der Waals surface area contributed by atoms with Gasteiger partial charge in [-0.1, -0.05) is 38.5 Å². The van der Waals surface area contributed by atoms with Gasteiger partial charge in [0.25, 0.3) is 0 Å². The summed E-state index contributed by atoms with van der Waals surface area (Å²) in [4.78, 5) is 20.1. The Morgan fingerprint density at radius 2 is 0.773 bits per heavy atom. The van der Waals surface area contributed by atoms with Crippen molar-refractivity contribution in [3.05, 3.63) is 0 Å². The van der Waals surface area contributed by atoms with Crippen LogP contribution in [0, 0.1) is 0 Å². The number of rotatable bonds is 14. The number of aliphatic hydroxyl groups excluding tert-OH is 2. The predicted molar refractivity (Wildman–Crippen MR) is 84.8 cm³/mol. The lowest BCUT2D eigenvalue weighted by molar-refractivity contribution is -0.138. The smallest absolute Gasteiger partial charge is 0.303 e. The van der Waals surface area contributed by atoms with E-state index < -0.39 is 11.9 Å². The van der Waals surface area contributed by atoms with Gasteiger partial charge in [-0.2, -0.15) is 0 Å². The Balaban J connectivity index is 0. The Kier molecular flexibility index (Phi) is 20.9. The SMILES string of the molecule is O=C(O)CCCCCCCO.O=C(O)CCCCCCCO. The molecule has 0 aliphatic heterocycles. The molecule has 0 aromatic heterocycles. The van der Waals surface area contributed by atoms with Crippen LogP contribution in [-0.2, 0) is 9.59 Å². The molecule has 0 aliphatic carbocycles. The average molecular weight is 320 g/mol. The van der Waals surface area contributed by atoms with E-state index in [1.54, 1.807) is 0 Å². The monoisotopic (exact) mass is 320 g/mol. The predicted octanol–water partition coefficient (Wildman–Crippen LogP) is 2.81. The van der Waals surface area contributed by atoms with Gasteiger partial charge in [-0.25, -0.2) is 0 Å². The zero-order valence-electron chi connectivity index (χ0n) is 13.5. The molecule has 6 heteroatoms. The van der Waals surface area contributed by atoms with Crippen molar-refractivity contribution in [3.63, 3.8) is 0 Å². The second-order valence-electron chi connectivity index (χ2n) is 5.27. The molecule has 6 nitrogen and oxygen atoms in total. The summed E-state index contributed by atoms with van der Waals surface area (Å²) in [5.74, 6) is -1.43. The fourth-order valence-electron chi connectivity index (χ4n) is 1.84. The molecular formula is C16H32O6. The molecule has 132 valence electrons. The maximum atomic E-state index is 10.0. The Bertz CT molecular complexity index is 229. The summed E-state index contributed by atoms with van der Waals surface area (Å²) in [5, 5.41) is 33.4. The van der Waals surface area contributed by atoms with Crippen LogP contribution < -0.4 is 0 Å². The van der Waals surface area contributed by atoms with Crippen molar-refractivity contribution in [1.29, 1.82) is 0 Å². The lowest BCUT2D eigenvalue weighted by atomic mass is 10.1. The largest absolute Gasteiger partial charge is 0.481 e. The Labute approximate surface area is 133 Å². The van der Waals surface area contributed by atoms with Crippen molar-refractivity contribution in [3.8, 4) is 0 Å². The highest BCUT2D eigenvalue weighted by Gasteiger charge is 1.96. The molecular weight excluding hydrogens is 288 g/mol. The fourth-order valence-corrected chi connectivity index (χ4v) is 1.84. The van der Waals surface area contributed by atoms with Crippen molar-refractivity contribution in [2.24, 2.45) is 0 Å². The zero-order chi connectivity index (χ0) is 17.1. The Hall–Kier alpha value is -1.14. The van der Waals surface area contributed by atoms with Gasteiger partial charge in [-0.3, -0.25) is 9.59 Å². The molecule has 0 heterocycles. The summed E-state index contributed by atoms with van der Waals surface area (Å²) in [7, 11) is 0. The molecule has 0 fully saturated rings. The summed E-state index contributed by atoms with van der Waals surface area (Å²) >= 11 is 0. The van der Waals surface area contributed by atoms with Gasteiger partial charge >= 0.3 is 11.9 Å². The van der Waals surface area contributed by atoms with Crippen LogP contribution in [0.15, 0.2) is 0 Å². The first-order valence-electron chi connectivity index (χ1n) is 8.20. The molecule has 0 saturated carbocycles. The number of aliphatic hydroxyl groups is 2. The van der Waals surface area contributed by atoms with Crippen LogP contribution in [0.1, 0.15) is 77.0 Å². The second kappa shape index (κ2) is 19.9. The second-order valence-corrected chi connectivity index (χ2v) is 5.27. The summed E-state index contributed by atoms with van der Waals surface area (Å²) in [6.45, 7) is 0.498.